The van der Waals surface area contributed by atoms with Gasteiger partial charge in [0.15, 0.2) is 0 Å². The molecule has 0 spiro atoms. The summed E-state index contributed by atoms with van der Waals surface area (Å²) in [6.45, 7) is 4.72. The molecule has 68 heavy (non-hydrogen) atoms. The van der Waals surface area contributed by atoms with Gasteiger partial charge in [0, 0.05) is 30.9 Å². The fourth-order valence-corrected chi connectivity index (χ4v) is 7.90. The smallest absolute Gasteiger partial charge is 0.434 e. The molecule has 19 heteroatoms. The predicted octanol–water partition coefficient (Wildman–Crippen LogP) is 7.13. The monoisotopic (exact) mass is 992 g/mol. The van der Waals surface area contributed by atoms with Gasteiger partial charge in [-0.2, -0.15) is 11.8 Å². The van der Waals surface area contributed by atoms with Crippen LogP contribution in [0.5, 0.6) is 0 Å². The van der Waals surface area contributed by atoms with Gasteiger partial charge >= 0.3 is 12.3 Å². The number of rotatable bonds is 49. The average molecular weight is 992 g/mol. The fourth-order valence-electron chi connectivity index (χ4n) is 6.86. The zero-order chi connectivity index (χ0) is 50.1. The molecule has 0 radical (unpaired) electrons. The standard InChI is InChI=1S/C49H93N5O13S/c1-3-5-7-9-11-13-15-17-19-21-23-25-30-64-48(60)66-33-27-41(67-49(61)65-31-26-24-22-20-18-16-14-12-10-8-6-4-2)39-68-40-42(50)46(58)54-43(38-55)47(59)52-29-34-63-36-35-62-32-28-45(57)53-37-44(51)56/h41-43,55H,3-40,50H2,1-2H3,(H2,51,56)(H,52,59)(H,53,57)(H,54,58)/t41-,42+,43+/m1/s1. The van der Waals surface area contributed by atoms with Gasteiger partial charge in [-0.05, 0) is 12.8 Å². The van der Waals surface area contributed by atoms with Crippen molar-refractivity contribution in [2.24, 2.45) is 11.5 Å². The molecule has 0 rings (SSSR count). The zero-order valence-corrected chi connectivity index (χ0v) is 42.8. The van der Waals surface area contributed by atoms with E-state index in [1.54, 1.807) is 0 Å². The van der Waals surface area contributed by atoms with E-state index in [2.05, 4.69) is 29.8 Å². The third-order valence-corrected chi connectivity index (χ3v) is 12.2. The molecule has 0 heterocycles. The molecule has 0 aromatic carbocycles. The largest absolute Gasteiger partial charge is 0.508 e. The summed E-state index contributed by atoms with van der Waals surface area (Å²) in [6.07, 6.45) is 26.6. The number of ether oxygens (including phenoxy) is 6. The Hall–Kier alpha value is -3.39. The first-order chi connectivity index (χ1) is 33.0. The maximum absolute atomic E-state index is 12.9. The normalized spacial score (nSPS) is 12.4. The van der Waals surface area contributed by atoms with E-state index in [4.69, 9.17) is 39.9 Å². The summed E-state index contributed by atoms with van der Waals surface area (Å²) in [5.41, 5.74) is 11.1. The molecule has 4 amide bonds. The number of carbonyl (C=O) groups excluding carboxylic acids is 6. The summed E-state index contributed by atoms with van der Waals surface area (Å²) in [5.74, 6) is -2.00. The Morgan fingerprint density at radius 1 is 0.544 bits per heavy atom. The molecule has 0 aromatic heterocycles. The minimum Gasteiger partial charge on any atom is -0.434 e. The summed E-state index contributed by atoms with van der Waals surface area (Å²) >= 11 is 1.23. The van der Waals surface area contributed by atoms with E-state index < -0.39 is 54.8 Å². The number of amides is 4. The summed E-state index contributed by atoms with van der Waals surface area (Å²) in [7, 11) is 0. The van der Waals surface area contributed by atoms with E-state index in [-0.39, 0.29) is 89.6 Å². The van der Waals surface area contributed by atoms with Crippen LogP contribution >= 0.6 is 11.8 Å². The van der Waals surface area contributed by atoms with Crippen LogP contribution in [-0.2, 0) is 47.6 Å². The lowest BCUT2D eigenvalue weighted by atomic mass is 10.1. The highest BCUT2D eigenvalue weighted by Crippen LogP contribution is 2.15. The van der Waals surface area contributed by atoms with Gasteiger partial charge < -0.3 is 60.9 Å². The topological polar surface area (TPSA) is 266 Å². The van der Waals surface area contributed by atoms with Gasteiger partial charge in [0.25, 0.3) is 0 Å². The van der Waals surface area contributed by atoms with Crippen LogP contribution in [0.2, 0.25) is 0 Å². The van der Waals surface area contributed by atoms with Crippen LogP contribution in [0, 0.1) is 0 Å². The fraction of sp³-hybridized carbons (Fsp3) is 0.878. The molecular weight excluding hydrogens is 899 g/mol. The number of carbonyl (C=O) groups is 6. The molecule has 8 N–H and O–H groups in total. The van der Waals surface area contributed by atoms with Crippen molar-refractivity contribution in [1.82, 2.24) is 16.0 Å². The second-order valence-corrected chi connectivity index (χ2v) is 18.3. The summed E-state index contributed by atoms with van der Waals surface area (Å²) in [4.78, 5) is 72.7. The third kappa shape index (κ3) is 43.9. The van der Waals surface area contributed by atoms with Crippen molar-refractivity contribution in [2.75, 3.05) is 77.5 Å². The molecule has 0 bridgehead atoms. The number of primary amides is 1. The Morgan fingerprint density at radius 3 is 1.51 bits per heavy atom. The third-order valence-electron chi connectivity index (χ3n) is 11.0. The highest BCUT2D eigenvalue weighted by Gasteiger charge is 2.24. The molecule has 0 aromatic rings. The van der Waals surface area contributed by atoms with Crippen LogP contribution < -0.4 is 27.4 Å². The molecule has 0 fully saturated rings. The molecule has 0 aliphatic rings. The lowest BCUT2D eigenvalue weighted by Gasteiger charge is -2.20. The van der Waals surface area contributed by atoms with E-state index in [9.17, 15) is 33.9 Å². The van der Waals surface area contributed by atoms with Crippen molar-refractivity contribution >= 4 is 47.7 Å². The molecular formula is C49H93N5O13S. The van der Waals surface area contributed by atoms with E-state index in [1.807, 2.05) is 0 Å². The maximum atomic E-state index is 12.9. The number of aliphatic hydroxyl groups excluding tert-OH is 1. The maximum Gasteiger partial charge on any atom is 0.508 e. The first kappa shape index (κ1) is 64.6. The molecule has 0 unspecified atom stereocenters. The number of thioether (sulfide) groups is 1. The summed E-state index contributed by atoms with van der Waals surface area (Å²) in [5, 5.41) is 17.2. The van der Waals surface area contributed by atoms with Crippen LogP contribution in [0.3, 0.4) is 0 Å². The SMILES string of the molecule is CCCCCCCCCCCCCCOC(=O)OCC[C@H](CSC[C@H](N)C(=O)N[C@@H](CO)C(=O)NCCOCCOCCC(=O)NCC(N)=O)OC(=O)OCCCCCCCCCCCCCC. The number of nitrogens with two attached hydrogens (primary N) is 2. The van der Waals surface area contributed by atoms with E-state index in [1.165, 1.54) is 121 Å². The van der Waals surface area contributed by atoms with Crippen LogP contribution in [0.15, 0.2) is 0 Å². The van der Waals surface area contributed by atoms with Crippen molar-refractivity contribution in [3.63, 3.8) is 0 Å². The molecule has 18 nitrogen and oxygen atoms in total. The molecule has 0 saturated carbocycles. The van der Waals surface area contributed by atoms with E-state index in [0.29, 0.717) is 0 Å². The quantitative estimate of drug-likeness (QED) is 0.0261. The summed E-state index contributed by atoms with van der Waals surface area (Å²) < 4.78 is 32.2. The van der Waals surface area contributed by atoms with Crippen LogP contribution in [0.1, 0.15) is 181 Å². The Labute approximate surface area is 412 Å². The number of aliphatic hydroxyl groups is 1. The summed E-state index contributed by atoms with van der Waals surface area (Å²) in [6, 6.07) is -2.32. The lowest BCUT2D eigenvalue weighted by molar-refractivity contribution is -0.130. The Bertz CT molecular complexity index is 1270. The number of hydrogen-bond donors (Lipinski definition) is 6. The average Bonchev–Trinajstić information content (AvgIpc) is 3.32. The van der Waals surface area contributed by atoms with Gasteiger partial charge in [-0.15, -0.1) is 0 Å². The van der Waals surface area contributed by atoms with Gasteiger partial charge in [0.05, 0.1) is 65.4 Å². The molecule has 0 saturated heterocycles. The molecule has 0 aliphatic heterocycles. The molecule has 3 atom stereocenters. The number of hydrogen-bond acceptors (Lipinski definition) is 15. The first-order valence-electron chi connectivity index (χ1n) is 25.9. The van der Waals surface area contributed by atoms with Gasteiger partial charge in [-0.25, -0.2) is 9.59 Å². The minimum atomic E-state index is -1.25. The van der Waals surface area contributed by atoms with Gasteiger partial charge in [0.2, 0.25) is 23.6 Å². The van der Waals surface area contributed by atoms with Crippen LogP contribution in [-0.4, -0.2) is 137 Å². The highest BCUT2D eigenvalue weighted by molar-refractivity contribution is 7.99. The Balaban J connectivity index is 4.66. The lowest BCUT2D eigenvalue weighted by Crippen LogP contribution is -2.54. The van der Waals surface area contributed by atoms with E-state index in [0.717, 1.165) is 44.9 Å². The van der Waals surface area contributed by atoms with E-state index >= 15 is 0 Å². The predicted molar refractivity (Wildman–Crippen MR) is 266 cm³/mol. The van der Waals surface area contributed by atoms with Gasteiger partial charge in [0.1, 0.15) is 12.1 Å². The zero-order valence-electron chi connectivity index (χ0n) is 42.0. The minimum absolute atomic E-state index is 0.0549. The van der Waals surface area contributed by atoms with Crippen LogP contribution in [0.4, 0.5) is 9.59 Å². The Kier molecular flexibility index (Phi) is 46.2. The second kappa shape index (κ2) is 48.6. The van der Waals surface area contributed by atoms with Crippen molar-refractivity contribution in [3.8, 4) is 0 Å². The Morgan fingerprint density at radius 2 is 1.01 bits per heavy atom. The first-order valence-corrected chi connectivity index (χ1v) is 27.0. The van der Waals surface area contributed by atoms with Gasteiger partial charge in [-0.3, -0.25) is 19.2 Å². The number of nitrogens with one attached hydrogen (secondary N) is 3. The molecule has 0 aliphatic carbocycles. The van der Waals surface area contributed by atoms with Crippen molar-refractivity contribution in [1.29, 1.82) is 0 Å². The van der Waals surface area contributed by atoms with Crippen molar-refractivity contribution in [2.45, 2.75) is 199 Å². The van der Waals surface area contributed by atoms with Crippen molar-refractivity contribution < 1.29 is 62.3 Å². The van der Waals surface area contributed by atoms with Crippen LogP contribution in [0.25, 0.3) is 0 Å². The van der Waals surface area contributed by atoms with Gasteiger partial charge in [-0.1, -0.05) is 155 Å². The second-order valence-electron chi connectivity index (χ2n) is 17.2. The molecule has 398 valence electrons. The van der Waals surface area contributed by atoms with Crippen molar-refractivity contribution in [3.05, 3.63) is 0 Å². The highest BCUT2D eigenvalue weighted by atomic mass is 32.2. The number of unbranched alkanes of at least 4 members (excludes halogenated alkanes) is 22.